The Morgan fingerprint density at radius 2 is 2.05 bits per heavy atom. The molecule has 1 unspecified atom stereocenters. The van der Waals surface area contributed by atoms with Crippen LogP contribution >= 0.6 is 0 Å². The average molecular weight is 281 g/mol. The van der Waals surface area contributed by atoms with Crippen LogP contribution in [-0.2, 0) is 11.2 Å². The summed E-state index contributed by atoms with van der Waals surface area (Å²) in [6.45, 7) is 7.12. The lowest BCUT2D eigenvalue weighted by atomic mass is 10.1. The Bertz CT molecular complexity index is 463. The van der Waals surface area contributed by atoms with Gasteiger partial charge in [-0.2, -0.15) is 0 Å². The zero-order valence-corrected chi connectivity index (χ0v) is 12.7. The highest BCUT2D eigenvalue weighted by Crippen LogP contribution is 2.26. The predicted molar refractivity (Wildman–Crippen MR) is 78.2 cm³/mol. The number of hydrogen-bond donors (Lipinski definition) is 2. The number of anilines is 1. The molecule has 5 nitrogen and oxygen atoms in total. The van der Waals surface area contributed by atoms with E-state index in [2.05, 4.69) is 5.32 Å². The first-order valence-electron chi connectivity index (χ1n) is 6.56. The molecule has 1 aromatic rings. The Morgan fingerprint density at radius 3 is 2.55 bits per heavy atom. The summed E-state index contributed by atoms with van der Waals surface area (Å²) in [5.41, 5.74) is 0.923. The third kappa shape index (κ3) is 5.48. The van der Waals surface area contributed by atoms with Crippen molar-refractivity contribution in [3.05, 3.63) is 23.8 Å². The monoisotopic (exact) mass is 281 g/mol. The van der Waals surface area contributed by atoms with Gasteiger partial charge in [-0.3, -0.25) is 5.32 Å². The molecule has 0 aliphatic carbocycles. The van der Waals surface area contributed by atoms with E-state index in [0.29, 0.717) is 17.9 Å². The minimum atomic E-state index is -0.552. The molecule has 20 heavy (non-hydrogen) atoms. The maximum atomic E-state index is 11.7. The summed E-state index contributed by atoms with van der Waals surface area (Å²) >= 11 is 0. The molecule has 1 aromatic carbocycles. The molecular formula is C15H23NO4. The van der Waals surface area contributed by atoms with Gasteiger partial charge in [0.15, 0.2) is 0 Å². The van der Waals surface area contributed by atoms with Gasteiger partial charge in [-0.05, 0) is 51.8 Å². The average Bonchev–Trinajstić information content (AvgIpc) is 2.27. The molecule has 0 spiro atoms. The van der Waals surface area contributed by atoms with Gasteiger partial charge in [-0.1, -0.05) is 6.07 Å². The molecule has 0 aliphatic rings. The van der Waals surface area contributed by atoms with Crippen LogP contribution in [0.1, 0.15) is 33.3 Å². The summed E-state index contributed by atoms with van der Waals surface area (Å²) in [6.07, 6.45) is -0.424. The fourth-order valence-electron chi connectivity index (χ4n) is 1.72. The minimum absolute atomic E-state index is 0.427. The Kier molecular flexibility index (Phi) is 5.39. The van der Waals surface area contributed by atoms with E-state index in [1.165, 1.54) is 7.11 Å². The molecule has 5 heteroatoms. The molecule has 1 amide bonds. The van der Waals surface area contributed by atoms with Gasteiger partial charge in [0.1, 0.15) is 11.4 Å². The van der Waals surface area contributed by atoms with Crippen LogP contribution in [0.3, 0.4) is 0 Å². The lowest BCUT2D eigenvalue weighted by molar-refractivity contribution is 0.0635. The maximum Gasteiger partial charge on any atom is 0.412 e. The summed E-state index contributed by atoms with van der Waals surface area (Å²) < 4.78 is 10.4. The first-order chi connectivity index (χ1) is 9.21. The van der Waals surface area contributed by atoms with E-state index >= 15 is 0 Å². The van der Waals surface area contributed by atoms with Gasteiger partial charge in [0.2, 0.25) is 0 Å². The number of aliphatic hydroxyl groups is 1. The number of hydrogen-bond acceptors (Lipinski definition) is 4. The standard InChI is InChI=1S/C15H23NO4/c1-10(17)8-11-6-7-12(13(9-11)19-5)16-14(18)20-15(2,3)4/h6-7,9-10,17H,8H2,1-5H3,(H,16,18). The number of rotatable bonds is 4. The van der Waals surface area contributed by atoms with Gasteiger partial charge in [0.05, 0.1) is 18.9 Å². The Hall–Kier alpha value is -1.75. The summed E-state index contributed by atoms with van der Waals surface area (Å²) in [7, 11) is 1.53. The molecule has 0 heterocycles. The van der Waals surface area contributed by atoms with E-state index < -0.39 is 17.8 Å². The molecule has 112 valence electrons. The van der Waals surface area contributed by atoms with E-state index in [9.17, 15) is 9.90 Å². The van der Waals surface area contributed by atoms with E-state index in [-0.39, 0.29) is 0 Å². The van der Waals surface area contributed by atoms with Crippen molar-refractivity contribution < 1.29 is 19.4 Å². The Morgan fingerprint density at radius 1 is 1.40 bits per heavy atom. The second-order valence-corrected chi connectivity index (χ2v) is 5.71. The largest absolute Gasteiger partial charge is 0.495 e. The van der Waals surface area contributed by atoms with Gasteiger partial charge < -0.3 is 14.6 Å². The third-order valence-corrected chi connectivity index (χ3v) is 2.43. The first kappa shape index (κ1) is 16.3. The van der Waals surface area contributed by atoms with Gasteiger partial charge >= 0.3 is 6.09 Å². The number of nitrogens with one attached hydrogen (secondary N) is 1. The lowest BCUT2D eigenvalue weighted by Gasteiger charge is -2.20. The van der Waals surface area contributed by atoms with Crippen molar-refractivity contribution in [2.75, 3.05) is 12.4 Å². The van der Waals surface area contributed by atoms with E-state index in [1.807, 2.05) is 6.07 Å². The summed E-state index contributed by atoms with van der Waals surface area (Å²) in [6, 6.07) is 5.36. The van der Waals surface area contributed by atoms with Crippen molar-refractivity contribution in [2.24, 2.45) is 0 Å². The van der Waals surface area contributed by atoms with Crippen molar-refractivity contribution in [1.82, 2.24) is 0 Å². The van der Waals surface area contributed by atoms with Crippen molar-refractivity contribution in [3.8, 4) is 5.75 Å². The van der Waals surface area contributed by atoms with Crippen LogP contribution in [0.5, 0.6) is 5.75 Å². The summed E-state index contributed by atoms with van der Waals surface area (Å²) in [5.74, 6) is 0.536. The molecule has 0 fully saturated rings. The zero-order valence-electron chi connectivity index (χ0n) is 12.7. The SMILES string of the molecule is COc1cc(CC(C)O)ccc1NC(=O)OC(C)(C)C. The highest BCUT2D eigenvalue weighted by Gasteiger charge is 2.17. The highest BCUT2D eigenvalue weighted by atomic mass is 16.6. The third-order valence-electron chi connectivity index (χ3n) is 2.43. The van der Waals surface area contributed by atoms with Crippen LogP contribution in [0.4, 0.5) is 10.5 Å². The van der Waals surface area contributed by atoms with Crippen LogP contribution < -0.4 is 10.1 Å². The first-order valence-corrected chi connectivity index (χ1v) is 6.56. The molecule has 0 saturated carbocycles. The van der Waals surface area contributed by atoms with E-state index in [4.69, 9.17) is 9.47 Å². The molecule has 0 saturated heterocycles. The smallest absolute Gasteiger partial charge is 0.412 e. The van der Waals surface area contributed by atoms with Crippen LogP contribution in [-0.4, -0.2) is 30.0 Å². The summed E-state index contributed by atoms with van der Waals surface area (Å²) in [5, 5.41) is 12.0. The van der Waals surface area contributed by atoms with Crippen molar-refractivity contribution in [2.45, 2.75) is 45.8 Å². The zero-order chi connectivity index (χ0) is 15.3. The number of aliphatic hydroxyl groups excluding tert-OH is 1. The number of methoxy groups -OCH3 is 1. The molecule has 0 bridgehead atoms. The molecular weight excluding hydrogens is 258 g/mol. The van der Waals surface area contributed by atoms with E-state index in [1.54, 1.807) is 39.8 Å². The minimum Gasteiger partial charge on any atom is -0.495 e. The van der Waals surface area contributed by atoms with Crippen molar-refractivity contribution >= 4 is 11.8 Å². The molecule has 1 rings (SSSR count). The molecule has 0 aliphatic heterocycles. The fraction of sp³-hybridized carbons (Fsp3) is 0.533. The number of benzene rings is 1. The topological polar surface area (TPSA) is 67.8 Å². The van der Waals surface area contributed by atoms with Crippen LogP contribution in [0.25, 0.3) is 0 Å². The number of carbonyl (C=O) groups is 1. The second kappa shape index (κ2) is 6.61. The number of amides is 1. The van der Waals surface area contributed by atoms with Crippen LogP contribution in [0, 0.1) is 0 Å². The summed E-state index contributed by atoms with van der Waals surface area (Å²) in [4.78, 5) is 11.7. The van der Waals surface area contributed by atoms with Gasteiger partial charge in [-0.15, -0.1) is 0 Å². The van der Waals surface area contributed by atoms with Crippen molar-refractivity contribution in [1.29, 1.82) is 0 Å². The highest BCUT2D eigenvalue weighted by molar-refractivity contribution is 5.87. The van der Waals surface area contributed by atoms with Gasteiger partial charge in [0.25, 0.3) is 0 Å². The lowest BCUT2D eigenvalue weighted by Crippen LogP contribution is -2.27. The number of ether oxygens (including phenoxy) is 2. The van der Waals surface area contributed by atoms with Crippen LogP contribution in [0.2, 0.25) is 0 Å². The van der Waals surface area contributed by atoms with Gasteiger partial charge in [-0.25, -0.2) is 4.79 Å². The molecule has 2 N–H and O–H groups in total. The van der Waals surface area contributed by atoms with Crippen molar-refractivity contribution in [3.63, 3.8) is 0 Å². The fourth-order valence-corrected chi connectivity index (χ4v) is 1.72. The molecule has 0 aromatic heterocycles. The second-order valence-electron chi connectivity index (χ2n) is 5.71. The van der Waals surface area contributed by atoms with Crippen LogP contribution in [0.15, 0.2) is 18.2 Å². The Labute approximate surface area is 119 Å². The Balaban J connectivity index is 2.82. The quantitative estimate of drug-likeness (QED) is 0.890. The predicted octanol–water partition coefficient (Wildman–Crippen LogP) is 2.97. The van der Waals surface area contributed by atoms with E-state index in [0.717, 1.165) is 5.56 Å². The normalized spacial score (nSPS) is 12.7. The molecule has 1 atom stereocenters. The molecule has 0 radical (unpaired) electrons. The maximum absolute atomic E-state index is 11.7. The number of carbonyl (C=O) groups excluding carboxylic acids is 1. The van der Waals surface area contributed by atoms with Gasteiger partial charge in [0, 0.05) is 0 Å².